The Hall–Kier alpha value is -2.07. The molecule has 0 aliphatic carbocycles. The first-order chi connectivity index (χ1) is 12.7. The average Bonchev–Trinajstić information content (AvgIpc) is 2.67. The van der Waals surface area contributed by atoms with Crippen LogP contribution in [0.4, 0.5) is 4.39 Å². The van der Waals surface area contributed by atoms with Crippen LogP contribution in [0.15, 0.2) is 72.8 Å². The van der Waals surface area contributed by atoms with Gasteiger partial charge in [-0.2, -0.15) is 0 Å². The van der Waals surface area contributed by atoms with Crippen LogP contribution < -0.4 is 10.1 Å². The minimum absolute atomic E-state index is 0. The number of hydrogen-bond donors (Lipinski definition) is 1. The third-order valence-corrected chi connectivity index (χ3v) is 4.38. The number of halogens is 3. The average molecular weight is 406 g/mol. The van der Waals surface area contributed by atoms with E-state index in [1.807, 2.05) is 60.7 Å². The van der Waals surface area contributed by atoms with E-state index >= 15 is 0 Å². The van der Waals surface area contributed by atoms with Crippen molar-refractivity contribution in [2.75, 3.05) is 6.54 Å². The van der Waals surface area contributed by atoms with E-state index in [1.165, 1.54) is 6.07 Å². The molecular formula is C22H22Cl2FNO. The van der Waals surface area contributed by atoms with Gasteiger partial charge < -0.3 is 10.1 Å². The number of para-hydroxylation sites is 1. The Kier molecular flexibility index (Phi) is 8.59. The largest absolute Gasteiger partial charge is 0.489 e. The first kappa shape index (κ1) is 21.2. The number of benzene rings is 3. The minimum Gasteiger partial charge on any atom is -0.489 e. The molecule has 142 valence electrons. The Labute approximate surface area is 170 Å². The van der Waals surface area contributed by atoms with Gasteiger partial charge in [-0.25, -0.2) is 4.39 Å². The number of ether oxygens (including phenoxy) is 1. The molecular weight excluding hydrogens is 384 g/mol. The fourth-order valence-corrected chi connectivity index (χ4v) is 2.81. The zero-order valence-corrected chi connectivity index (χ0v) is 16.4. The van der Waals surface area contributed by atoms with Gasteiger partial charge in [0.05, 0.1) is 0 Å². The first-order valence-corrected chi connectivity index (χ1v) is 8.99. The van der Waals surface area contributed by atoms with Crippen molar-refractivity contribution in [1.82, 2.24) is 5.32 Å². The summed E-state index contributed by atoms with van der Waals surface area (Å²) in [5.74, 6) is 0.696. The van der Waals surface area contributed by atoms with Crippen molar-refractivity contribution < 1.29 is 9.13 Å². The normalized spacial score (nSPS) is 10.3. The molecule has 0 unspecified atom stereocenters. The molecule has 0 saturated heterocycles. The summed E-state index contributed by atoms with van der Waals surface area (Å²) in [5, 5.41) is 4.08. The van der Waals surface area contributed by atoms with E-state index in [-0.39, 0.29) is 18.2 Å². The number of hydrogen-bond acceptors (Lipinski definition) is 2. The molecule has 0 aliphatic heterocycles. The van der Waals surface area contributed by atoms with Gasteiger partial charge in [-0.1, -0.05) is 60.1 Å². The molecule has 3 aromatic rings. The lowest BCUT2D eigenvalue weighted by Gasteiger charge is -2.12. The van der Waals surface area contributed by atoms with Gasteiger partial charge >= 0.3 is 0 Å². The minimum atomic E-state index is -0.152. The summed E-state index contributed by atoms with van der Waals surface area (Å²) in [6, 6.07) is 22.5. The van der Waals surface area contributed by atoms with Gasteiger partial charge in [0, 0.05) is 17.1 Å². The van der Waals surface area contributed by atoms with Crippen LogP contribution in [0, 0.1) is 5.82 Å². The molecule has 2 nitrogen and oxygen atoms in total. The van der Waals surface area contributed by atoms with Gasteiger partial charge in [-0.05, 0) is 48.4 Å². The molecule has 0 heterocycles. The second-order valence-corrected chi connectivity index (χ2v) is 6.48. The summed E-state index contributed by atoms with van der Waals surface area (Å²) in [5.41, 5.74) is 2.87. The van der Waals surface area contributed by atoms with Crippen molar-refractivity contribution in [1.29, 1.82) is 0 Å². The molecule has 5 heteroatoms. The van der Waals surface area contributed by atoms with E-state index in [0.717, 1.165) is 22.4 Å². The van der Waals surface area contributed by atoms with Gasteiger partial charge in [-0.3, -0.25) is 0 Å². The van der Waals surface area contributed by atoms with Gasteiger partial charge in [0.1, 0.15) is 18.2 Å². The monoisotopic (exact) mass is 405 g/mol. The lowest BCUT2D eigenvalue weighted by Crippen LogP contribution is -2.17. The fraction of sp³-hybridized carbons (Fsp3) is 0.182. The summed E-state index contributed by atoms with van der Waals surface area (Å²) in [7, 11) is 0. The van der Waals surface area contributed by atoms with Gasteiger partial charge in [-0.15, -0.1) is 12.4 Å². The maximum Gasteiger partial charge on any atom is 0.126 e. The zero-order valence-electron chi connectivity index (χ0n) is 14.8. The summed E-state index contributed by atoms with van der Waals surface area (Å²) in [6.07, 6.45) is 0.653. The van der Waals surface area contributed by atoms with Crippen LogP contribution in [0.1, 0.15) is 16.7 Å². The van der Waals surface area contributed by atoms with E-state index < -0.39 is 0 Å². The van der Waals surface area contributed by atoms with E-state index in [2.05, 4.69) is 5.32 Å². The van der Waals surface area contributed by atoms with Crippen molar-refractivity contribution in [3.8, 4) is 5.75 Å². The summed E-state index contributed by atoms with van der Waals surface area (Å²) < 4.78 is 19.6. The zero-order chi connectivity index (χ0) is 18.2. The lowest BCUT2D eigenvalue weighted by molar-refractivity contribution is 0.302. The highest BCUT2D eigenvalue weighted by Gasteiger charge is 2.04. The van der Waals surface area contributed by atoms with Crippen molar-refractivity contribution in [3.05, 3.63) is 100 Å². The Morgan fingerprint density at radius 2 is 1.52 bits per heavy atom. The molecule has 0 radical (unpaired) electrons. The van der Waals surface area contributed by atoms with E-state index in [0.29, 0.717) is 31.1 Å². The Morgan fingerprint density at radius 1 is 0.852 bits per heavy atom. The Balaban J connectivity index is 0.00000261. The Bertz CT molecular complexity index is 840. The van der Waals surface area contributed by atoms with Crippen molar-refractivity contribution in [2.24, 2.45) is 0 Å². The standard InChI is InChI=1S/C22H21ClFNO.ClH/c23-20-11-9-17(10-12-20)16-26-22-8-4-2-6-19(22)15-25-14-13-18-5-1-3-7-21(18)24;/h1-12,25H,13-16H2;1H. The maximum absolute atomic E-state index is 13.6. The molecule has 27 heavy (non-hydrogen) atoms. The molecule has 0 amide bonds. The van der Waals surface area contributed by atoms with Crippen LogP contribution in [0.25, 0.3) is 0 Å². The topological polar surface area (TPSA) is 21.3 Å². The number of nitrogens with one attached hydrogen (secondary N) is 1. The van der Waals surface area contributed by atoms with Gasteiger partial charge in [0.15, 0.2) is 0 Å². The second kappa shape index (κ2) is 10.9. The number of rotatable bonds is 8. The van der Waals surface area contributed by atoms with Crippen molar-refractivity contribution in [3.63, 3.8) is 0 Å². The first-order valence-electron chi connectivity index (χ1n) is 8.61. The van der Waals surface area contributed by atoms with Crippen LogP contribution in [0.5, 0.6) is 5.75 Å². The summed E-state index contributed by atoms with van der Waals surface area (Å²) in [4.78, 5) is 0. The van der Waals surface area contributed by atoms with Crippen LogP contribution in [-0.4, -0.2) is 6.54 Å². The van der Waals surface area contributed by atoms with Crippen LogP contribution in [0.2, 0.25) is 5.02 Å². The van der Waals surface area contributed by atoms with Crippen LogP contribution in [-0.2, 0) is 19.6 Å². The smallest absolute Gasteiger partial charge is 0.126 e. The SMILES string of the molecule is Cl.Fc1ccccc1CCNCc1ccccc1OCc1ccc(Cl)cc1. The maximum atomic E-state index is 13.6. The van der Waals surface area contributed by atoms with E-state index in [1.54, 1.807) is 6.07 Å². The highest BCUT2D eigenvalue weighted by atomic mass is 35.5. The highest BCUT2D eigenvalue weighted by Crippen LogP contribution is 2.20. The van der Waals surface area contributed by atoms with Crippen LogP contribution in [0.3, 0.4) is 0 Å². The summed E-state index contributed by atoms with van der Waals surface area (Å²) in [6.45, 7) is 1.86. The molecule has 0 fully saturated rings. The highest BCUT2D eigenvalue weighted by molar-refractivity contribution is 6.30. The fourth-order valence-electron chi connectivity index (χ4n) is 2.68. The van der Waals surface area contributed by atoms with Crippen molar-refractivity contribution >= 4 is 24.0 Å². The van der Waals surface area contributed by atoms with Crippen molar-refractivity contribution in [2.45, 2.75) is 19.6 Å². The quantitative estimate of drug-likeness (QED) is 0.477. The molecule has 3 aromatic carbocycles. The van der Waals surface area contributed by atoms with Crippen LogP contribution >= 0.6 is 24.0 Å². The predicted octanol–water partition coefficient (Wildman–Crippen LogP) is 5.81. The van der Waals surface area contributed by atoms with E-state index in [9.17, 15) is 4.39 Å². The molecule has 0 spiro atoms. The molecule has 0 aromatic heterocycles. The Morgan fingerprint density at radius 3 is 2.26 bits per heavy atom. The van der Waals surface area contributed by atoms with Gasteiger partial charge in [0.25, 0.3) is 0 Å². The molecule has 0 aliphatic rings. The molecule has 0 atom stereocenters. The van der Waals surface area contributed by atoms with E-state index in [4.69, 9.17) is 16.3 Å². The molecule has 3 rings (SSSR count). The predicted molar refractivity (Wildman–Crippen MR) is 111 cm³/mol. The summed E-state index contributed by atoms with van der Waals surface area (Å²) >= 11 is 5.91. The molecule has 0 bridgehead atoms. The van der Waals surface area contributed by atoms with Gasteiger partial charge in [0.2, 0.25) is 0 Å². The second-order valence-electron chi connectivity index (χ2n) is 6.04. The molecule has 1 N–H and O–H groups in total. The third-order valence-electron chi connectivity index (χ3n) is 4.12. The third kappa shape index (κ3) is 6.55. The molecule has 0 saturated carbocycles. The lowest BCUT2D eigenvalue weighted by atomic mass is 10.1.